The van der Waals surface area contributed by atoms with Crippen LogP contribution in [0.2, 0.25) is 0 Å². The summed E-state index contributed by atoms with van der Waals surface area (Å²) in [6, 6.07) is 0. The molecule has 0 saturated heterocycles. The molecule has 0 fully saturated rings. The van der Waals surface area contributed by atoms with Gasteiger partial charge in [0.15, 0.2) is 0 Å². The number of hydrogen-bond acceptors (Lipinski definition) is 3. The molecule has 1 heterocycles. The molecule has 1 aromatic heterocycles. The van der Waals surface area contributed by atoms with Crippen LogP contribution < -0.4 is 0 Å². The third-order valence-corrected chi connectivity index (χ3v) is 1.34. The molecule has 0 spiro atoms. The molecule has 0 aliphatic rings. The molecule has 0 atom stereocenters. The van der Waals surface area contributed by atoms with Gasteiger partial charge in [0.25, 0.3) is 0 Å². The van der Waals surface area contributed by atoms with Crippen molar-refractivity contribution in [1.29, 1.82) is 0 Å². The lowest BCUT2D eigenvalue weighted by atomic mass is 10.3. The number of imidazole rings is 1. The summed E-state index contributed by atoms with van der Waals surface area (Å²) in [6.07, 6.45) is 3.13. The summed E-state index contributed by atoms with van der Waals surface area (Å²) >= 11 is 5.49. The Kier molecular flexibility index (Phi) is 2.48. The zero-order valence-electron chi connectivity index (χ0n) is 5.95. The van der Waals surface area contributed by atoms with Gasteiger partial charge in [-0.3, -0.25) is 4.79 Å². The highest BCUT2D eigenvalue weighted by Crippen LogP contribution is 1.99. The van der Waals surface area contributed by atoms with Crippen LogP contribution in [0.1, 0.15) is 5.69 Å². The molecule has 60 valence electrons. The van der Waals surface area contributed by atoms with E-state index >= 15 is 0 Å². The normalized spacial score (nSPS) is 9.64. The number of carbonyl (C=O) groups is 1. The van der Waals surface area contributed by atoms with E-state index in [-0.39, 0.29) is 12.4 Å². The Labute approximate surface area is 68.9 Å². The minimum Gasteiger partial charge on any atom is -0.469 e. The summed E-state index contributed by atoms with van der Waals surface area (Å²) in [6.45, 7) is 0. The number of ether oxygens (including phenoxy) is 1. The van der Waals surface area contributed by atoms with Crippen LogP contribution in [0.25, 0.3) is 0 Å². The number of hydrogen-bond donors (Lipinski definition) is 0. The molecule has 0 aliphatic heterocycles. The average Bonchev–Trinajstić information content (AvgIpc) is 2.35. The molecule has 11 heavy (non-hydrogen) atoms. The molecule has 0 aromatic carbocycles. The smallest absolute Gasteiger partial charge is 0.311 e. The molecule has 0 aliphatic carbocycles. The third kappa shape index (κ3) is 2.23. The zero-order chi connectivity index (χ0) is 8.27. The molecule has 4 nitrogen and oxygen atoms in total. The van der Waals surface area contributed by atoms with Crippen LogP contribution in [-0.4, -0.2) is 22.1 Å². The van der Waals surface area contributed by atoms with Gasteiger partial charge in [-0.15, -0.1) is 0 Å². The maximum atomic E-state index is 10.7. The van der Waals surface area contributed by atoms with E-state index in [1.165, 1.54) is 17.5 Å². The van der Waals surface area contributed by atoms with Gasteiger partial charge in [-0.2, -0.15) is 0 Å². The van der Waals surface area contributed by atoms with E-state index in [2.05, 4.69) is 9.72 Å². The fourth-order valence-electron chi connectivity index (χ4n) is 0.650. The quantitative estimate of drug-likeness (QED) is 0.617. The third-order valence-electron chi connectivity index (χ3n) is 1.16. The minimum absolute atomic E-state index is 0.163. The van der Waals surface area contributed by atoms with Gasteiger partial charge in [-0.05, 0) is 0 Å². The Morgan fingerprint density at radius 3 is 3.09 bits per heavy atom. The summed E-state index contributed by atoms with van der Waals surface area (Å²) < 4.78 is 5.69. The van der Waals surface area contributed by atoms with Crippen molar-refractivity contribution >= 4 is 17.7 Å². The van der Waals surface area contributed by atoms with Crippen molar-refractivity contribution in [3.63, 3.8) is 0 Å². The maximum absolute atomic E-state index is 10.7. The van der Waals surface area contributed by atoms with E-state index in [4.69, 9.17) is 11.8 Å². The van der Waals surface area contributed by atoms with Gasteiger partial charge in [-0.1, -0.05) is 0 Å². The number of nitrogens with zero attached hydrogens (tertiary/aromatic N) is 2. The molecule has 0 bridgehead atoms. The summed E-state index contributed by atoms with van der Waals surface area (Å²) in [5, 5.41) is 0. The average molecular weight is 175 g/mol. The molecule has 1 rings (SSSR count). The van der Waals surface area contributed by atoms with E-state index in [0.29, 0.717) is 5.69 Å². The minimum atomic E-state index is -0.319. The largest absolute Gasteiger partial charge is 0.469 e. The van der Waals surface area contributed by atoms with E-state index < -0.39 is 0 Å². The highest BCUT2D eigenvalue weighted by Gasteiger charge is 2.04. The highest BCUT2D eigenvalue weighted by molar-refractivity contribution is 6.15. The summed E-state index contributed by atoms with van der Waals surface area (Å²) in [7, 11) is 1.33. The van der Waals surface area contributed by atoms with Crippen LogP contribution in [0.5, 0.6) is 0 Å². The van der Waals surface area contributed by atoms with Crippen molar-refractivity contribution in [2.45, 2.75) is 6.42 Å². The second kappa shape index (κ2) is 3.39. The van der Waals surface area contributed by atoms with Crippen LogP contribution >= 0.6 is 11.8 Å². The molecule has 0 saturated carbocycles. The molecule has 0 amide bonds. The molecular weight excluding hydrogens is 168 g/mol. The van der Waals surface area contributed by atoms with Crippen molar-refractivity contribution in [1.82, 2.24) is 9.07 Å². The van der Waals surface area contributed by atoms with Crippen molar-refractivity contribution < 1.29 is 9.53 Å². The Morgan fingerprint density at radius 2 is 2.64 bits per heavy atom. The number of rotatable bonds is 2. The van der Waals surface area contributed by atoms with Crippen molar-refractivity contribution in [2.75, 3.05) is 7.11 Å². The van der Waals surface area contributed by atoms with Gasteiger partial charge in [0, 0.05) is 18.0 Å². The van der Waals surface area contributed by atoms with E-state index in [0.717, 1.165) is 0 Å². The number of methoxy groups -OCH3 is 1. The van der Waals surface area contributed by atoms with Gasteiger partial charge < -0.3 is 4.74 Å². The van der Waals surface area contributed by atoms with Crippen LogP contribution in [0.4, 0.5) is 0 Å². The van der Waals surface area contributed by atoms with Crippen molar-refractivity contribution in [2.24, 2.45) is 0 Å². The van der Waals surface area contributed by atoms with Crippen LogP contribution in [0, 0.1) is 0 Å². The Balaban J connectivity index is 2.57. The fraction of sp³-hybridized carbons (Fsp3) is 0.333. The molecular formula is C6H7ClN2O2. The Morgan fingerprint density at radius 1 is 1.91 bits per heavy atom. The predicted molar refractivity (Wildman–Crippen MR) is 39.2 cm³/mol. The fourth-order valence-corrected chi connectivity index (χ4v) is 0.806. The van der Waals surface area contributed by atoms with E-state index in [1.54, 1.807) is 6.20 Å². The van der Waals surface area contributed by atoms with Gasteiger partial charge in [0.2, 0.25) is 0 Å². The topological polar surface area (TPSA) is 44.1 Å². The van der Waals surface area contributed by atoms with Crippen LogP contribution in [0.15, 0.2) is 12.5 Å². The van der Waals surface area contributed by atoms with Crippen LogP contribution in [-0.2, 0) is 16.0 Å². The molecule has 5 heteroatoms. The lowest BCUT2D eigenvalue weighted by Crippen LogP contribution is -2.04. The first-order chi connectivity index (χ1) is 5.22. The monoisotopic (exact) mass is 174 g/mol. The SMILES string of the molecule is COC(=O)Cc1cn(Cl)cn1. The molecule has 0 N–H and O–H groups in total. The number of esters is 1. The molecule has 0 radical (unpaired) electrons. The molecule has 1 aromatic rings. The highest BCUT2D eigenvalue weighted by atomic mass is 35.5. The van der Waals surface area contributed by atoms with Gasteiger partial charge >= 0.3 is 5.97 Å². The first-order valence-electron chi connectivity index (χ1n) is 2.98. The van der Waals surface area contributed by atoms with E-state index in [9.17, 15) is 4.79 Å². The summed E-state index contributed by atoms with van der Waals surface area (Å²) in [4.78, 5) is 14.5. The Bertz CT molecular complexity index is 259. The van der Waals surface area contributed by atoms with E-state index in [1.807, 2.05) is 0 Å². The first-order valence-corrected chi connectivity index (χ1v) is 3.32. The molecule has 0 unspecified atom stereocenters. The number of halogens is 1. The van der Waals surface area contributed by atoms with Crippen molar-refractivity contribution in [3.05, 3.63) is 18.2 Å². The Hall–Kier alpha value is -1.03. The second-order valence-electron chi connectivity index (χ2n) is 1.96. The number of aromatic nitrogens is 2. The first kappa shape index (κ1) is 8.07. The number of carbonyl (C=O) groups excluding carboxylic acids is 1. The summed E-state index contributed by atoms with van der Waals surface area (Å²) in [5.41, 5.74) is 0.604. The van der Waals surface area contributed by atoms with Gasteiger partial charge in [-0.25, -0.2) is 9.07 Å². The predicted octanol–water partition coefficient (Wildman–Crippen LogP) is 0.600. The van der Waals surface area contributed by atoms with Crippen LogP contribution in [0.3, 0.4) is 0 Å². The lowest BCUT2D eigenvalue weighted by molar-refractivity contribution is -0.139. The summed E-state index contributed by atoms with van der Waals surface area (Å²) in [5.74, 6) is -0.319. The lowest BCUT2D eigenvalue weighted by Gasteiger charge is -1.92. The maximum Gasteiger partial charge on any atom is 0.311 e. The van der Waals surface area contributed by atoms with Gasteiger partial charge in [0.05, 0.1) is 19.2 Å². The zero-order valence-corrected chi connectivity index (χ0v) is 6.71. The second-order valence-corrected chi connectivity index (χ2v) is 2.35. The van der Waals surface area contributed by atoms with Gasteiger partial charge in [0.1, 0.15) is 6.33 Å². The van der Waals surface area contributed by atoms with Crippen molar-refractivity contribution in [3.8, 4) is 0 Å². The standard InChI is InChI=1S/C6H7ClN2O2/c1-11-6(10)2-5-3-9(7)4-8-5/h3-4H,2H2,1H3.